The van der Waals surface area contributed by atoms with Crippen LogP contribution in [0, 0.1) is 0 Å². The van der Waals surface area contributed by atoms with Gasteiger partial charge in [-0.2, -0.15) is 0 Å². The second kappa shape index (κ2) is 4.87. The van der Waals surface area contributed by atoms with Gasteiger partial charge in [0.2, 0.25) is 0 Å². The third-order valence-electron chi connectivity index (χ3n) is 3.35. The molecule has 0 aromatic heterocycles. The highest BCUT2D eigenvalue weighted by Crippen LogP contribution is 2.29. The summed E-state index contributed by atoms with van der Waals surface area (Å²) in [5.41, 5.74) is 1.18. The summed E-state index contributed by atoms with van der Waals surface area (Å²) in [5, 5.41) is 14.4. The van der Waals surface area contributed by atoms with Crippen LogP contribution in [0.3, 0.4) is 0 Å². The first-order chi connectivity index (χ1) is 9.25. The maximum atomic E-state index is 9.47. The minimum Gasteiger partial charge on any atom is -0.389 e. The lowest BCUT2D eigenvalue weighted by atomic mass is 9.96. The molecule has 0 fully saturated rings. The van der Waals surface area contributed by atoms with Crippen molar-refractivity contribution in [3.63, 3.8) is 0 Å². The quantitative estimate of drug-likeness (QED) is 0.667. The van der Waals surface area contributed by atoms with E-state index in [4.69, 9.17) is 0 Å². The average molecular weight is 248 g/mol. The van der Waals surface area contributed by atoms with Crippen molar-refractivity contribution in [3.05, 3.63) is 66.2 Å². The molecule has 1 heteroatoms. The highest BCUT2D eigenvalue weighted by atomic mass is 16.3. The Morgan fingerprint density at radius 1 is 0.895 bits per heavy atom. The molecule has 94 valence electrons. The van der Waals surface area contributed by atoms with Gasteiger partial charge in [0, 0.05) is 0 Å². The van der Waals surface area contributed by atoms with Crippen molar-refractivity contribution in [1.29, 1.82) is 0 Å². The van der Waals surface area contributed by atoms with Crippen LogP contribution in [-0.2, 0) is 0 Å². The van der Waals surface area contributed by atoms with Crippen LogP contribution in [0.15, 0.2) is 60.7 Å². The molecule has 0 spiro atoms. The molecule has 0 saturated heterocycles. The molecule has 0 amide bonds. The van der Waals surface area contributed by atoms with Gasteiger partial charge in [-0.3, -0.25) is 0 Å². The normalized spacial score (nSPS) is 13.4. The molecule has 0 aliphatic rings. The molecule has 1 atom stereocenters. The fourth-order valence-electron chi connectivity index (χ4n) is 2.46. The van der Waals surface area contributed by atoms with Crippen molar-refractivity contribution < 1.29 is 5.11 Å². The molecule has 0 saturated carbocycles. The molecular formula is C18H16O. The lowest BCUT2D eigenvalue weighted by Gasteiger charge is -2.08. The van der Waals surface area contributed by atoms with E-state index in [-0.39, 0.29) is 0 Å². The van der Waals surface area contributed by atoms with Gasteiger partial charge in [0.05, 0.1) is 6.10 Å². The summed E-state index contributed by atoms with van der Waals surface area (Å²) in [6, 6.07) is 18.9. The minimum absolute atomic E-state index is 0.433. The van der Waals surface area contributed by atoms with E-state index in [1.165, 1.54) is 27.1 Å². The molecule has 0 unspecified atom stereocenters. The van der Waals surface area contributed by atoms with Gasteiger partial charge in [0.25, 0.3) is 0 Å². The Kier molecular flexibility index (Phi) is 3.06. The van der Waals surface area contributed by atoms with Crippen LogP contribution < -0.4 is 0 Å². The van der Waals surface area contributed by atoms with Gasteiger partial charge in [-0.15, -0.1) is 0 Å². The summed E-state index contributed by atoms with van der Waals surface area (Å²) in [6.45, 7) is 1.77. The molecule has 0 aliphatic heterocycles. The number of benzene rings is 3. The molecule has 1 nitrogen and oxygen atoms in total. The average Bonchev–Trinajstić information content (AvgIpc) is 2.43. The zero-order valence-electron chi connectivity index (χ0n) is 10.9. The zero-order chi connectivity index (χ0) is 13.2. The van der Waals surface area contributed by atoms with E-state index in [1.807, 2.05) is 12.2 Å². The van der Waals surface area contributed by atoms with E-state index in [0.29, 0.717) is 0 Å². The molecule has 3 aromatic carbocycles. The van der Waals surface area contributed by atoms with Crippen LogP contribution in [0.2, 0.25) is 0 Å². The highest BCUT2D eigenvalue weighted by molar-refractivity contribution is 6.06. The molecule has 1 N–H and O–H groups in total. The van der Waals surface area contributed by atoms with E-state index in [1.54, 1.807) is 6.92 Å². The summed E-state index contributed by atoms with van der Waals surface area (Å²) >= 11 is 0. The van der Waals surface area contributed by atoms with Crippen molar-refractivity contribution in [1.82, 2.24) is 0 Å². The summed E-state index contributed by atoms with van der Waals surface area (Å²) in [7, 11) is 0. The van der Waals surface area contributed by atoms with E-state index in [2.05, 4.69) is 54.6 Å². The van der Waals surface area contributed by atoms with Crippen molar-refractivity contribution in [2.24, 2.45) is 0 Å². The molecule has 3 aromatic rings. The lowest BCUT2D eigenvalue weighted by molar-refractivity contribution is 0.245. The first-order valence-electron chi connectivity index (χ1n) is 6.52. The predicted octanol–water partition coefficient (Wildman–Crippen LogP) is 4.39. The van der Waals surface area contributed by atoms with Crippen LogP contribution in [0.1, 0.15) is 12.5 Å². The number of hydrogen-bond donors (Lipinski definition) is 1. The Hall–Kier alpha value is -2.12. The van der Waals surface area contributed by atoms with E-state index in [9.17, 15) is 5.11 Å². The van der Waals surface area contributed by atoms with Gasteiger partial charge in [-0.1, -0.05) is 60.7 Å². The number of fused-ring (bicyclic) bond motifs is 2. The molecular weight excluding hydrogens is 232 g/mol. The second-order valence-electron chi connectivity index (χ2n) is 4.83. The van der Waals surface area contributed by atoms with E-state index >= 15 is 0 Å². The van der Waals surface area contributed by atoms with Crippen LogP contribution in [-0.4, -0.2) is 11.2 Å². The molecule has 0 bridgehead atoms. The summed E-state index contributed by atoms with van der Waals surface area (Å²) in [5.74, 6) is 0. The third-order valence-corrected chi connectivity index (χ3v) is 3.35. The smallest absolute Gasteiger partial charge is 0.0696 e. The van der Waals surface area contributed by atoms with Gasteiger partial charge < -0.3 is 5.11 Å². The van der Waals surface area contributed by atoms with Crippen LogP contribution in [0.4, 0.5) is 0 Å². The fourth-order valence-corrected chi connectivity index (χ4v) is 2.46. The Morgan fingerprint density at radius 2 is 1.42 bits per heavy atom. The first-order valence-corrected chi connectivity index (χ1v) is 6.52. The number of aliphatic hydroxyl groups is 1. The maximum Gasteiger partial charge on any atom is 0.0696 e. The maximum absolute atomic E-state index is 9.47. The van der Waals surface area contributed by atoms with Gasteiger partial charge in [0.15, 0.2) is 0 Å². The summed E-state index contributed by atoms with van der Waals surface area (Å²) in [6.07, 6.45) is 3.42. The third kappa shape index (κ3) is 2.25. The zero-order valence-corrected chi connectivity index (χ0v) is 10.9. The van der Waals surface area contributed by atoms with Gasteiger partial charge in [0.1, 0.15) is 0 Å². The van der Waals surface area contributed by atoms with Crippen LogP contribution in [0.25, 0.3) is 27.6 Å². The highest BCUT2D eigenvalue weighted by Gasteiger charge is 2.04. The standard InChI is InChI=1S/C18H16O/c1-13(19)10-11-18-16-8-4-2-6-14(16)12-15-7-3-5-9-17(15)18/h2-13,19H,1H3/b11-10+/t13-/m0/s1. The van der Waals surface area contributed by atoms with Crippen molar-refractivity contribution >= 4 is 27.6 Å². The minimum atomic E-state index is -0.433. The molecule has 0 radical (unpaired) electrons. The van der Waals surface area contributed by atoms with Crippen molar-refractivity contribution in [2.45, 2.75) is 13.0 Å². The van der Waals surface area contributed by atoms with Gasteiger partial charge in [-0.25, -0.2) is 0 Å². The first kappa shape index (κ1) is 11.9. The van der Waals surface area contributed by atoms with Gasteiger partial charge >= 0.3 is 0 Å². The Morgan fingerprint density at radius 3 is 1.95 bits per heavy atom. The topological polar surface area (TPSA) is 20.2 Å². The summed E-state index contributed by atoms with van der Waals surface area (Å²) < 4.78 is 0. The fraction of sp³-hybridized carbons (Fsp3) is 0.111. The SMILES string of the molecule is C[C@H](O)/C=C/c1c2ccccc2cc2ccccc12. The van der Waals surface area contributed by atoms with Crippen LogP contribution >= 0.6 is 0 Å². The molecule has 0 aliphatic carbocycles. The van der Waals surface area contributed by atoms with E-state index < -0.39 is 6.10 Å². The second-order valence-corrected chi connectivity index (χ2v) is 4.83. The lowest BCUT2D eigenvalue weighted by Crippen LogP contribution is -1.92. The Bertz CT molecular complexity index is 700. The largest absolute Gasteiger partial charge is 0.389 e. The number of rotatable bonds is 2. The predicted molar refractivity (Wildman–Crippen MR) is 82.2 cm³/mol. The van der Waals surface area contributed by atoms with Crippen molar-refractivity contribution in [2.75, 3.05) is 0 Å². The molecule has 0 heterocycles. The number of aliphatic hydroxyl groups excluding tert-OH is 1. The Balaban J connectivity index is 2.39. The van der Waals surface area contributed by atoms with Crippen molar-refractivity contribution in [3.8, 4) is 0 Å². The molecule has 19 heavy (non-hydrogen) atoms. The van der Waals surface area contributed by atoms with E-state index in [0.717, 1.165) is 0 Å². The molecule has 3 rings (SSSR count). The summed E-state index contributed by atoms with van der Waals surface area (Å²) in [4.78, 5) is 0. The number of hydrogen-bond acceptors (Lipinski definition) is 1. The monoisotopic (exact) mass is 248 g/mol. The Labute approximate surface area is 112 Å². The van der Waals surface area contributed by atoms with Gasteiger partial charge in [-0.05, 0) is 40.1 Å². The van der Waals surface area contributed by atoms with Crippen LogP contribution in [0.5, 0.6) is 0 Å².